The molecular formula is C13H15BrN2O3. The third kappa shape index (κ3) is 4.10. The van der Waals surface area contributed by atoms with E-state index in [0.717, 1.165) is 5.56 Å². The van der Waals surface area contributed by atoms with Crippen molar-refractivity contribution in [2.75, 3.05) is 19.5 Å². The molecule has 0 aliphatic heterocycles. The summed E-state index contributed by atoms with van der Waals surface area (Å²) in [6.07, 6.45) is 2.55. The number of aryl methyl sites for hydroxylation is 1. The zero-order valence-electron chi connectivity index (χ0n) is 10.9. The molecule has 6 heteroatoms. The maximum absolute atomic E-state index is 11.7. The summed E-state index contributed by atoms with van der Waals surface area (Å²) in [5.41, 5.74) is 1.88. The molecule has 19 heavy (non-hydrogen) atoms. The first-order chi connectivity index (χ1) is 8.99. The van der Waals surface area contributed by atoms with Gasteiger partial charge in [0.05, 0.1) is 18.9 Å². The van der Waals surface area contributed by atoms with Crippen molar-refractivity contribution in [2.24, 2.45) is 0 Å². The number of nitrogens with one attached hydrogen (secondary N) is 2. The van der Waals surface area contributed by atoms with Crippen molar-refractivity contribution in [3.63, 3.8) is 0 Å². The molecule has 2 amide bonds. The van der Waals surface area contributed by atoms with Crippen LogP contribution < -0.4 is 10.6 Å². The highest BCUT2D eigenvalue weighted by atomic mass is 79.9. The number of methoxy groups -OCH3 is 1. The van der Waals surface area contributed by atoms with E-state index in [1.807, 2.05) is 6.92 Å². The van der Waals surface area contributed by atoms with Crippen LogP contribution in [-0.4, -0.2) is 26.0 Å². The summed E-state index contributed by atoms with van der Waals surface area (Å²) < 4.78 is 5.34. The number of carbonyl (C=O) groups is 2. The molecule has 0 fully saturated rings. The molecule has 0 saturated heterocycles. The predicted octanol–water partition coefficient (Wildman–Crippen LogP) is 2.22. The van der Waals surface area contributed by atoms with E-state index >= 15 is 0 Å². The van der Waals surface area contributed by atoms with Gasteiger partial charge >= 0.3 is 0 Å². The maximum Gasteiger partial charge on any atom is 0.252 e. The van der Waals surface area contributed by atoms with Gasteiger partial charge < -0.3 is 15.4 Å². The summed E-state index contributed by atoms with van der Waals surface area (Å²) >= 11 is 3.32. The van der Waals surface area contributed by atoms with Crippen molar-refractivity contribution in [3.8, 4) is 0 Å². The second-order valence-corrected chi connectivity index (χ2v) is 4.61. The fourth-order valence-corrected chi connectivity index (χ4v) is 2.06. The monoisotopic (exact) mass is 326 g/mol. The minimum Gasteiger partial charge on any atom is -0.504 e. The lowest BCUT2D eigenvalue weighted by Crippen LogP contribution is -2.19. The van der Waals surface area contributed by atoms with E-state index in [9.17, 15) is 9.59 Å². The van der Waals surface area contributed by atoms with Gasteiger partial charge in [0.25, 0.3) is 11.8 Å². The zero-order chi connectivity index (χ0) is 14.4. The third-order valence-corrected chi connectivity index (χ3v) is 3.06. The molecule has 102 valence electrons. The highest BCUT2D eigenvalue weighted by Crippen LogP contribution is 2.25. The number of carbonyl (C=O) groups excluding carboxylic acids is 2. The van der Waals surface area contributed by atoms with E-state index in [4.69, 9.17) is 0 Å². The minimum atomic E-state index is -0.324. The average Bonchev–Trinajstić information content (AvgIpc) is 2.38. The maximum atomic E-state index is 11.7. The van der Waals surface area contributed by atoms with Crippen LogP contribution in [0, 0.1) is 6.92 Å². The number of anilines is 1. The van der Waals surface area contributed by atoms with Crippen molar-refractivity contribution in [1.82, 2.24) is 5.32 Å². The second-order valence-electron chi connectivity index (χ2n) is 3.75. The van der Waals surface area contributed by atoms with Crippen LogP contribution >= 0.6 is 15.9 Å². The number of ether oxygens (including phenoxy) is 1. The van der Waals surface area contributed by atoms with E-state index in [0.29, 0.717) is 15.7 Å². The van der Waals surface area contributed by atoms with E-state index in [1.54, 1.807) is 19.2 Å². The van der Waals surface area contributed by atoms with Gasteiger partial charge in [-0.15, -0.1) is 0 Å². The summed E-state index contributed by atoms with van der Waals surface area (Å²) in [6, 6.07) is 3.40. The lowest BCUT2D eigenvalue weighted by molar-refractivity contribution is -0.112. The Bertz CT molecular complexity index is 527. The van der Waals surface area contributed by atoms with Crippen LogP contribution in [0.5, 0.6) is 0 Å². The molecule has 0 radical (unpaired) electrons. The summed E-state index contributed by atoms with van der Waals surface area (Å²) in [4.78, 5) is 23.2. The normalized spacial score (nSPS) is 10.3. The second kappa shape index (κ2) is 6.94. The Labute approximate surface area is 120 Å². The Hall–Kier alpha value is -1.82. The van der Waals surface area contributed by atoms with Gasteiger partial charge in [0, 0.05) is 23.3 Å². The molecule has 1 aromatic carbocycles. The molecule has 0 heterocycles. The van der Waals surface area contributed by atoms with Crippen molar-refractivity contribution < 1.29 is 14.3 Å². The Kier molecular flexibility index (Phi) is 5.57. The molecule has 0 unspecified atom stereocenters. The van der Waals surface area contributed by atoms with Crippen LogP contribution in [-0.2, 0) is 9.53 Å². The van der Waals surface area contributed by atoms with Crippen molar-refractivity contribution in [3.05, 3.63) is 40.1 Å². The molecule has 1 aromatic rings. The Morgan fingerprint density at radius 1 is 1.37 bits per heavy atom. The molecule has 0 aliphatic rings. The van der Waals surface area contributed by atoms with Crippen molar-refractivity contribution in [1.29, 1.82) is 0 Å². The lowest BCUT2D eigenvalue weighted by Gasteiger charge is -2.11. The van der Waals surface area contributed by atoms with Crippen LogP contribution in [0.2, 0.25) is 0 Å². The van der Waals surface area contributed by atoms with Gasteiger partial charge in [0.1, 0.15) is 0 Å². The summed E-state index contributed by atoms with van der Waals surface area (Å²) in [5.74, 6) is -0.551. The van der Waals surface area contributed by atoms with Crippen LogP contribution in [0.3, 0.4) is 0 Å². The number of amides is 2. The lowest BCUT2D eigenvalue weighted by atomic mass is 10.1. The fourth-order valence-electron chi connectivity index (χ4n) is 1.42. The van der Waals surface area contributed by atoms with E-state index < -0.39 is 0 Å². The molecule has 0 saturated carbocycles. The first-order valence-electron chi connectivity index (χ1n) is 5.52. The molecular weight excluding hydrogens is 312 g/mol. The van der Waals surface area contributed by atoms with Crippen LogP contribution in [0.1, 0.15) is 15.9 Å². The topological polar surface area (TPSA) is 67.4 Å². The summed E-state index contributed by atoms with van der Waals surface area (Å²) in [7, 11) is 3.01. The number of benzene rings is 1. The largest absolute Gasteiger partial charge is 0.504 e. The van der Waals surface area contributed by atoms with Crippen LogP contribution in [0.25, 0.3) is 0 Å². The first kappa shape index (κ1) is 15.2. The Morgan fingerprint density at radius 2 is 2.05 bits per heavy atom. The fraction of sp³-hybridized carbons (Fsp3) is 0.231. The molecule has 2 N–H and O–H groups in total. The quantitative estimate of drug-likeness (QED) is 0.658. The van der Waals surface area contributed by atoms with Gasteiger partial charge in [-0.3, -0.25) is 9.59 Å². The average molecular weight is 327 g/mol. The highest BCUT2D eigenvalue weighted by molar-refractivity contribution is 9.10. The first-order valence-corrected chi connectivity index (χ1v) is 6.31. The predicted molar refractivity (Wildman–Crippen MR) is 77.0 cm³/mol. The van der Waals surface area contributed by atoms with Crippen molar-refractivity contribution in [2.45, 2.75) is 6.92 Å². The van der Waals surface area contributed by atoms with E-state index in [2.05, 4.69) is 31.3 Å². The number of rotatable bonds is 4. The minimum absolute atomic E-state index is 0.227. The standard InChI is InChI=1S/C13H15BrN2O3/c1-8-6-10(14)9(13(18)15-2)7-11(8)16-12(17)4-5-19-3/h4-7H,1-3H3,(H,15,18)(H,16,17)/b5-4+. The molecule has 0 aromatic heterocycles. The third-order valence-electron chi connectivity index (χ3n) is 2.40. The smallest absolute Gasteiger partial charge is 0.252 e. The SMILES string of the molecule is CNC(=O)c1cc(NC(=O)/C=C/OC)c(C)cc1Br. The Morgan fingerprint density at radius 3 is 2.63 bits per heavy atom. The number of hydrogen-bond acceptors (Lipinski definition) is 3. The number of hydrogen-bond donors (Lipinski definition) is 2. The highest BCUT2D eigenvalue weighted by Gasteiger charge is 2.12. The molecule has 5 nitrogen and oxygen atoms in total. The van der Waals surface area contributed by atoms with Gasteiger partial charge in [-0.05, 0) is 40.5 Å². The summed E-state index contributed by atoms with van der Waals surface area (Å²) in [6.45, 7) is 1.84. The van der Waals surface area contributed by atoms with Crippen LogP contribution in [0.15, 0.2) is 28.9 Å². The zero-order valence-corrected chi connectivity index (χ0v) is 12.5. The molecule has 1 rings (SSSR count). The molecule has 0 aliphatic carbocycles. The van der Waals surface area contributed by atoms with Gasteiger partial charge in [-0.25, -0.2) is 0 Å². The van der Waals surface area contributed by atoms with Gasteiger partial charge in [0.15, 0.2) is 0 Å². The molecule has 0 spiro atoms. The summed E-state index contributed by atoms with van der Waals surface area (Å²) in [5, 5.41) is 5.23. The number of halogens is 1. The molecule has 0 atom stereocenters. The van der Waals surface area contributed by atoms with E-state index in [-0.39, 0.29) is 11.8 Å². The van der Waals surface area contributed by atoms with Gasteiger partial charge in [-0.1, -0.05) is 0 Å². The van der Waals surface area contributed by atoms with Gasteiger partial charge in [-0.2, -0.15) is 0 Å². The molecule has 0 bridgehead atoms. The van der Waals surface area contributed by atoms with E-state index in [1.165, 1.54) is 19.4 Å². The Balaban J connectivity index is 3.04. The van der Waals surface area contributed by atoms with Crippen molar-refractivity contribution >= 4 is 33.4 Å². The van der Waals surface area contributed by atoms with Crippen LogP contribution in [0.4, 0.5) is 5.69 Å². The van der Waals surface area contributed by atoms with Gasteiger partial charge in [0.2, 0.25) is 0 Å².